The van der Waals surface area contributed by atoms with Gasteiger partial charge in [-0.05, 0) is 12.8 Å². The Bertz CT molecular complexity index is 107. The minimum Gasteiger partial charge on any atom is -0.0845 e. The summed E-state index contributed by atoms with van der Waals surface area (Å²) in [6.45, 7) is 4.42. The van der Waals surface area contributed by atoms with Crippen LogP contribution in [0.25, 0.3) is 0 Å². The molecule has 12 heavy (non-hydrogen) atoms. The molecule has 0 amide bonds. The Morgan fingerprint density at radius 3 is 1.50 bits per heavy atom. The second-order valence-corrected chi connectivity index (χ2v) is 5.35. The largest absolute Gasteiger partial charge is 0.0845 e. The SMILES string of the molecule is CCCC(Br)/C=C/C(Br)CCC. The molecule has 0 rings (SSSR count). The molecule has 0 heterocycles. The van der Waals surface area contributed by atoms with E-state index in [1.807, 2.05) is 0 Å². The van der Waals surface area contributed by atoms with Crippen LogP contribution in [0.15, 0.2) is 12.2 Å². The molecular formula is C10H18Br2. The van der Waals surface area contributed by atoms with Gasteiger partial charge in [0, 0.05) is 9.65 Å². The molecule has 0 aromatic heterocycles. The number of hydrogen-bond acceptors (Lipinski definition) is 0. The van der Waals surface area contributed by atoms with E-state index in [1.165, 1.54) is 25.7 Å². The highest BCUT2D eigenvalue weighted by atomic mass is 79.9. The molecular weight excluding hydrogens is 280 g/mol. The Morgan fingerprint density at radius 1 is 0.917 bits per heavy atom. The third-order valence-electron chi connectivity index (χ3n) is 1.66. The molecule has 0 aromatic rings. The maximum absolute atomic E-state index is 3.61. The summed E-state index contributed by atoms with van der Waals surface area (Å²) in [4.78, 5) is 1.11. The third kappa shape index (κ3) is 7.35. The average molecular weight is 298 g/mol. The predicted octanol–water partition coefficient (Wildman–Crippen LogP) is 4.67. The van der Waals surface area contributed by atoms with Crippen LogP contribution in [0.3, 0.4) is 0 Å². The van der Waals surface area contributed by atoms with Crippen molar-refractivity contribution in [3.8, 4) is 0 Å². The van der Waals surface area contributed by atoms with Crippen LogP contribution in [-0.2, 0) is 0 Å². The van der Waals surface area contributed by atoms with E-state index < -0.39 is 0 Å². The smallest absolute Gasteiger partial charge is 0.0325 e. The molecule has 0 saturated heterocycles. The maximum atomic E-state index is 3.61. The van der Waals surface area contributed by atoms with E-state index in [9.17, 15) is 0 Å². The first-order valence-electron chi connectivity index (χ1n) is 4.67. The standard InChI is InChI=1S/C10H18Br2/c1-3-5-9(11)7-8-10(12)6-4-2/h7-10H,3-6H2,1-2H3/b8-7+. The van der Waals surface area contributed by atoms with Gasteiger partial charge in [-0.3, -0.25) is 0 Å². The maximum Gasteiger partial charge on any atom is 0.0325 e. The van der Waals surface area contributed by atoms with Crippen molar-refractivity contribution in [1.82, 2.24) is 0 Å². The molecule has 0 aliphatic carbocycles. The van der Waals surface area contributed by atoms with Crippen LogP contribution in [0.5, 0.6) is 0 Å². The average Bonchev–Trinajstić information content (AvgIpc) is 2.02. The van der Waals surface area contributed by atoms with E-state index in [0.29, 0.717) is 9.65 Å². The van der Waals surface area contributed by atoms with Crippen LogP contribution in [0, 0.1) is 0 Å². The van der Waals surface area contributed by atoms with E-state index >= 15 is 0 Å². The molecule has 0 fully saturated rings. The summed E-state index contributed by atoms with van der Waals surface area (Å²) in [5, 5.41) is 0. The summed E-state index contributed by atoms with van der Waals surface area (Å²) in [7, 11) is 0. The van der Waals surface area contributed by atoms with Crippen LogP contribution >= 0.6 is 31.9 Å². The predicted molar refractivity (Wildman–Crippen MR) is 64.4 cm³/mol. The number of rotatable bonds is 6. The minimum absolute atomic E-state index is 0.555. The van der Waals surface area contributed by atoms with Gasteiger partial charge in [0.2, 0.25) is 0 Å². The van der Waals surface area contributed by atoms with Gasteiger partial charge in [-0.25, -0.2) is 0 Å². The van der Waals surface area contributed by atoms with E-state index in [0.717, 1.165) is 0 Å². The zero-order chi connectivity index (χ0) is 9.40. The quantitative estimate of drug-likeness (QED) is 0.494. The normalized spacial score (nSPS) is 16.7. The Morgan fingerprint density at radius 2 is 1.25 bits per heavy atom. The highest BCUT2D eigenvalue weighted by Gasteiger charge is 1.99. The molecule has 72 valence electrons. The number of halogens is 2. The van der Waals surface area contributed by atoms with Crippen LogP contribution < -0.4 is 0 Å². The molecule has 0 aliphatic rings. The van der Waals surface area contributed by atoms with Crippen molar-refractivity contribution in [3.05, 3.63) is 12.2 Å². The minimum atomic E-state index is 0.555. The van der Waals surface area contributed by atoms with E-state index in [2.05, 4.69) is 57.9 Å². The van der Waals surface area contributed by atoms with Crippen molar-refractivity contribution in [3.63, 3.8) is 0 Å². The van der Waals surface area contributed by atoms with Crippen molar-refractivity contribution in [2.24, 2.45) is 0 Å². The summed E-state index contributed by atoms with van der Waals surface area (Å²) in [6, 6.07) is 0. The molecule has 0 saturated carbocycles. The molecule has 0 nitrogen and oxygen atoms in total. The Kier molecular flexibility index (Phi) is 8.79. The van der Waals surface area contributed by atoms with Crippen LogP contribution in [0.1, 0.15) is 39.5 Å². The zero-order valence-electron chi connectivity index (χ0n) is 7.89. The lowest BCUT2D eigenvalue weighted by Gasteiger charge is -2.03. The monoisotopic (exact) mass is 296 g/mol. The molecule has 0 radical (unpaired) electrons. The van der Waals surface area contributed by atoms with E-state index in [-0.39, 0.29) is 0 Å². The molecule has 0 aliphatic heterocycles. The summed E-state index contributed by atoms with van der Waals surface area (Å²) >= 11 is 7.22. The van der Waals surface area contributed by atoms with Crippen molar-refractivity contribution in [2.45, 2.75) is 49.2 Å². The second-order valence-electron chi connectivity index (χ2n) is 2.99. The molecule has 2 heteroatoms. The lowest BCUT2D eigenvalue weighted by Crippen LogP contribution is -1.95. The topological polar surface area (TPSA) is 0 Å². The van der Waals surface area contributed by atoms with Gasteiger partial charge in [-0.1, -0.05) is 70.7 Å². The number of alkyl halides is 2. The first kappa shape index (κ1) is 12.7. The van der Waals surface area contributed by atoms with E-state index in [1.54, 1.807) is 0 Å². The molecule has 0 aromatic carbocycles. The molecule has 2 atom stereocenters. The highest BCUT2D eigenvalue weighted by Crippen LogP contribution is 2.14. The first-order chi connectivity index (χ1) is 5.70. The number of allylic oxidation sites excluding steroid dienone is 2. The van der Waals surface area contributed by atoms with E-state index in [4.69, 9.17) is 0 Å². The third-order valence-corrected chi connectivity index (χ3v) is 3.18. The van der Waals surface area contributed by atoms with Crippen LogP contribution in [0.4, 0.5) is 0 Å². The van der Waals surface area contributed by atoms with Gasteiger partial charge in [0.05, 0.1) is 0 Å². The Balaban J connectivity index is 3.57. The first-order valence-corrected chi connectivity index (χ1v) is 6.50. The van der Waals surface area contributed by atoms with Gasteiger partial charge in [-0.15, -0.1) is 0 Å². The molecule has 0 bridgehead atoms. The highest BCUT2D eigenvalue weighted by molar-refractivity contribution is 9.10. The Labute approximate surface area is 93.1 Å². The van der Waals surface area contributed by atoms with Gasteiger partial charge >= 0.3 is 0 Å². The van der Waals surface area contributed by atoms with Gasteiger partial charge < -0.3 is 0 Å². The van der Waals surface area contributed by atoms with Gasteiger partial charge in [0.25, 0.3) is 0 Å². The fourth-order valence-corrected chi connectivity index (χ4v) is 2.25. The summed E-state index contributed by atoms with van der Waals surface area (Å²) < 4.78 is 0. The zero-order valence-corrected chi connectivity index (χ0v) is 11.1. The lowest BCUT2D eigenvalue weighted by atomic mass is 10.2. The van der Waals surface area contributed by atoms with Gasteiger partial charge in [0.15, 0.2) is 0 Å². The second kappa shape index (κ2) is 8.31. The summed E-state index contributed by atoms with van der Waals surface area (Å²) in [5.74, 6) is 0. The Hall–Kier alpha value is 0.700. The van der Waals surface area contributed by atoms with Crippen molar-refractivity contribution >= 4 is 31.9 Å². The lowest BCUT2D eigenvalue weighted by molar-refractivity contribution is 0.816. The fraction of sp³-hybridized carbons (Fsp3) is 0.800. The van der Waals surface area contributed by atoms with Crippen molar-refractivity contribution in [2.75, 3.05) is 0 Å². The van der Waals surface area contributed by atoms with Crippen LogP contribution in [-0.4, -0.2) is 9.65 Å². The van der Waals surface area contributed by atoms with Gasteiger partial charge in [0.1, 0.15) is 0 Å². The van der Waals surface area contributed by atoms with Crippen molar-refractivity contribution in [1.29, 1.82) is 0 Å². The molecule has 2 unspecified atom stereocenters. The van der Waals surface area contributed by atoms with Crippen LogP contribution in [0.2, 0.25) is 0 Å². The molecule has 0 N–H and O–H groups in total. The summed E-state index contributed by atoms with van der Waals surface area (Å²) in [6.07, 6.45) is 9.42. The fourth-order valence-electron chi connectivity index (χ4n) is 0.985. The van der Waals surface area contributed by atoms with Crippen molar-refractivity contribution < 1.29 is 0 Å². The summed E-state index contributed by atoms with van der Waals surface area (Å²) in [5.41, 5.74) is 0. The number of hydrogen-bond donors (Lipinski definition) is 0. The molecule has 0 spiro atoms. The van der Waals surface area contributed by atoms with Gasteiger partial charge in [-0.2, -0.15) is 0 Å².